The largest absolute Gasteiger partial charge is 0.491 e. The molecule has 0 aliphatic carbocycles. The fourth-order valence-corrected chi connectivity index (χ4v) is 8.01. The number of piperazine rings is 1. The third-order valence-electron chi connectivity index (χ3n) is 5.83. The molecular weight excluding hydrogens is 520 g/mol. The third kappa shape index (κ3) is 8.30. The maximum Gasteiger partial charge on any atom is 0.243 e. The van der Waals surface area contributed by atoms with Gasteiger partial charge < -0.3 is 4.74 Å². The summed E-state index contributed by atoms with van der Waals surface area (Å²) in [6.45, 7) is 9.96. The molecule has 1 aliphatic rings. The summed E-state index contributed by atoms with van der Waals surface area (Å²) in [4.78, 5) is 2.60. The minimum Gasteiger partial charge on any atom is -0.491 e. The number of benzene rings is 2. The molecule has 2 aromatic rings. The van der Waals surface area contributed by atoms with Crippen LogP contribution in [0.25, 0.3) is 0 Å². The molecule has 0 aromatic heterocycles. The molecule has 3 rings (SSSR count). The Morgan fingerprint density at radius 2 is 1.60 bits per heavy atom. The van der Waals surface area contributed by atoms with Gasteiger partial charge in [-0.2, -0.15) is 4.31 Å². The van der Waals surface area contributed by atoms with Crippen LogP contribution in [0.2, 0.25) is 5.02 Å². The Morgan fingerprint density at radius 1 is 0.971 bits per heavy atom. The van der Waals surface area contributed by atoms with Crippen molar-refractivity contribution in [3.63, 3.8) is 0 Å². The Hall–Kier alpha value is -0.900. The Labute approximate surface area is 225 Å². The lowest BCUT2D eigenvalue weighted by Crippen LogP contribution is -2.49. The zero-order valence-electron chi connectivity index (χ0n) is 20.9. The normalized spacial score (nSPS) is 15.6. The molecule has 1 aliphatic heterocycles. The van der Waals surface area contributed by atoms with Crippen molar-refractivity contribution in [2.75, 3.05) is 50.8 Å². The van der Waals surface area contributed by atoms with Crippen molar-refractivity contribution in [3.05, 3.63) is 58.6 Å². The highest BCUT2D eigenvalue weighted by Gasteiger charge is 2.28. The number of nitrogens with zero attached hydrogens (tertiary/aromatic N) is 2. The van der Waals surface area contributed by atoms with Crippen LogP contribution < -0.4 is 4.74 Å². The molecule has 1 fully saturated rings. The van der Waals surface area contributed by atoms with E-state index in [0.717, 1.165) is 36.5 Å². The first-order chi connectivity index (χ1) is 16.8. The van der Waals surface area contributed by atoms with E-state index in [1.807, 2.05) is 54.7 Å². The Morgan fingerprint density at radius 3 is 2.17 bits per heavy atom. The minimum absolute atomic E-state index is 0.362. The monoisotopic (exact) mass is 556 g/mol. The van der Waals surface area contributed by atoms with Gasteiger partial charge in [0.25, 0.3) is 0 Å². The quantitative estimate of drug-likeness (QED) is 0.269. The first kappa shape index (κ1) is 28.7. The van der Waals surface area contributed by atoms with E-state index >= 15 is 0 Å². The lowest BCUT2D eigenvalue weighted by molar-refractivity contribution is 0.159. The van der Waals surface area contributed by atoms with Crippen LogP contribution in [-0.4, -0.2) is 68.5 Å². The van der Waals surface area contributed by atoms with Crippen molar-refractivity contribution in [1.29, 1.82) is 0 Å². The number of hydrogen-bond donors (Lipinski definition) is 0. The standard InChI is InChI=1S/C26H37ClN2O3S3/c1-4-18-33-26(34-19-5-2)22-8-11-25(24(27)20-22)32-17-16-28-12-14-29(15-13-28)35(30,31)23-9-6-21(3)7-10-23/h6-11,20,26H,4-5,12-19H2,1-3H3. The van der Waals surface area contributed by atoms with Crippen molar-refractivity contribution in [3.8, 4) is 5.75 Å². The summed E-state index contributed by atoms with van der Waals surface area (Å²) in [6, 6.07) is 13.2. The molecule has 0 N–H and O–H groups in total. The summed E-state index contributed by atoms with van der Waals surface area (Å²) in [6.07, 6.45) is 2.32. The zero-order chi connectivity index (χ0) is 25.3. The van der Waals surface area contributed by atoms with E-state index in [1.54, 1.807) is 16.4 Å². The first-order valence-electron chi connectivity index (χ1n) is 12.3. The van der Waals surface area contributed by atoms with Crippen molar-refractivity contribution < 1.29 is 13.2 Å². The second-order valence-corrected chi connectivity index (χ2v) is 13.7. The van der Waals surface area contributed by atoms with E-state index in [4.69, 9.17) is 16.3 Å². The molecule has 0 atom stereocenters. The maximum atomic E-state index is 12.9. The van der Waals surface area contributed by atoms with Crippen LogP contribution in [0.4, 0.5) is 0 Å². The highest BCUT2D eigenvalue weighted by Crippen LogP contribution is 2.42. The summed E-state index contributed by atoms with van der Waals surface area (Å²) < 4.78 is 33.8. The van der Waals surface area contributed by atoms with Gasteiger partial charge in [-0.05, 0) is 61.1 Å². The predicted octanol–water partition coefficient (Wildman–Crippen LogP) is 6.32. The average Bonchev–Trinajstić information content (AvgIpc) is 2.86. The van der Waals surface area contributed by atoms with E-state index < -0.39 is 10.0 Å². The first-order valence-corrected chi connectivity index (χ1v) is 16.2. The molecule has 1 heterocycles. The second-order valence-electron chi connectivity index (χ2n) is 8.67. The smallest absolute Gasteiger partial charge is 0.243 e. The molecule has 0 spiro atoms. The third-order valence-corrected chi connectivity index (χ3v) is 11.3. The summed E-state index contributed by atoms with van der Waals surface area (Å²) in [5.41, 5.74) is 2.29. The Kier molecular flexibility index (Phi) is 11.6. The van der Waals surface area contributed by atoms with Gasteiger partial charge in [0.05, 0.1) is 14.5 Å². The number of aryl methyl sites for hydroxylation is 1. The van der Waals surface area contributed by atoms with Gasteiger partial charge in [-0.25, -0.2) is 8.42 Å². The number of sulfonamides is 1. The predicted molar refractivity (Wildman–Crippen MR) is 152 cm³/mol. The number of rotatable bonds is 13. The number of hydrogen-bond acceptors (Lipinski definition) is 6. The van der Waals surface area contributed by atoms with Crippen LogP contribution >= 0.6 is 35.1 Å². The minimum atomic E-state index is -3.44. The van der Waals surface area contributed by atoms with Crippen LogP contribution in [0.3, 0.4) is 0 Å². The topological polar surface area (TPSA) is 49.9 Å². The molecular formula is C26H37ClN2O3S3. The highest BCUT2D eigenvalue weighted by atomic mass is 35.5. The molecule has 0 radical (unpaired) electrons. The maximum absolute atomic E-state index is 12.9. The molecule has 0 bridgehead atoms. The van der Waals surface area contributed by atoms with Gasteiger partial charge in [-0.1, -0.05) is 49.2 Å². The number of ether oxygens (including phenoxy) is 1. The average molecular weight is 557 g/mol. The van der Waals surface area contributed by atoms with Gasteiger partial charge in [0.1, 0.15) is 12.4 Å². The number of thioether (sulfide) groups is 2. The van der Waals surface area contributed by atoms with Crippen LogP contribution in [0, 0.1) is 6.92 Å². The molecule has 9 heteroatoms. The van der Waals surface area contributed by atoms with E-state index in [-0.39, 0.29) is 0 Å². The van der Waals surface area contributed by atoms with Crippen LogP contribution in [0.15, 0.2) is 47.4 Å². The van der Waals surface area contributed by atoms with Crippen molar-refractivity contribution >= 4 is 45.1 Å². The van der Waals surface area contributed by atoms with E-state index in [2.05, 4.69) is 24.8 Å². The van der Waals surface area contributed by atoms with Gasteiger partial charge in [0.2, 0.25) is 10.0 Å². The van der Waals surface area contributed by atoms with Crippen LogP contribution in [0.5, 0.6) is 5.75 Å². The lowest BCUT2D eigenvalue weighted by atomic mass is 10.2. The second kappa shape index (κ2) is 14.1. The van der Waals surface area contributed by atoms with Gasteiger partial charge in [-0.3, -0.25) is 4.90 Å². The molecule has 0 amide bonds. The van der Waals surface area contributed by atoms with Gasteiger partial charge in [-0.15, -0.1) is 23.5 Å². The fourth-order valence-electron chi connectivity index (χ4n) is 3.81. The van der Waals surface area contributed by atoms with E-state index in [1.165, 1.54) is 5.56 Å². The fraction of sp³-hybridized carbons (Fsp3) is 0.538. The summed E-state index contributed by atoms with van der Waals surface area (Å²) >= 11 is 10.5. The Bertz CT molecular complexity index is 1020. The summed E-state index contributed by atoms with van der Waals surface area (Å²) in [7, 11) is -3.44. The van der Waals surface area contributed by atoms with Gasteiger partial charge in [0.15, 0.2) is 0 Å². The van der Waals surface area contributed by atoms with Crippen molar-refractivity contribution in [1.82, 2.24) is 9.21 Å². The zero-order valence-corrected chi connectivity index (χ0v) is 24.1. The summed E-state index contributed by atoms with van der Waals surface area (Å²) in [5, 5.41) is 0.649. The Balaban J connectivity index is 1.48. The molecule has 0 saturated carbocycles. The molecule has 35 heavy (non-hydrogen) atoms. The van der Waals surface area contributed by atoms with Crippen molar-refractivity contribution in [2.45, 2.75) is 43.1 Å². The van der Waals surface area contributed by atoms with E-state index in [0.29, 0.717) is 53.0 Å². The molecule has 194 valence electrons. The molecule has 0 unspecified atom stereocenters. The van der Waals surface area contributed by atoms with Crippen LogP contribution in [-0.2, 0) is 10.0 Å². The molecule has 2 aromatic carbocycles. The van der Waals surface area contributed by atoms with Crippen LogP contribution in [0.1, 0.15) is 42.4 Å². The SMILES string of the molecule is CCCSC(SCCC)c1ccc(OCCN2CCN(S(=O)(=O)c3ccc(C)cc3)CC2)c(Cl)c1. The molecule has 5 nitrogen and oxygen atoms in total. The highest BCUT2D eigenvalue weighted by molar-refractivity contribution is 8.16. The lowest BCUT2D eigenvalue weighted by Gasteiger charge is -2.33. The summed E-state index contributed by atoms with van der Waals surface area (Å²) in [5.74, 6) is 2.98. The van der Waals surface area contributed by atoms with Gasteiger partial charge >= 0.3 is 0 Å². The van der Waals surface area contributed by atoms with Gasteiger partial charge in [0, 0.05) is 32.7 Å². The van der Waals surface area contributed by atoms with Crippen molar-refractivity contribution in [2.24, 2.45) is 0 Å². The van der Waals surface area contributed by atoms with E-state index in [9.17, 15) is 8.42 Å². The molecule has 1 saturated heterocycles. The number of halogens is 1.